The molecule has 3 aromatic rings. The maximum absolute atomic E-state index is 12.8. The average molecular weight is 397 g/mol. The fourth-order valence-electron chi connectivity index (χ4n) is 4.17. The Labute approximate surface area is 168 Å². The van der Waals surface area contributed by atoms with E-state index in [0.717, 1.165) is 56.2 Å². The van der Waals surface area contributed by atoms with Crippen molar-refractivity contribution in [3.8, 4) is 0 Å². The molecule has 0 saturated carbocycles. The third-order valence-corrected chi connectivity index (χ3v) is 6.52. The van der Waals surface area contributed by atoms with E-state index >= 15 is 0 Å². The SMILES string of the molecule is CN(Cc1cccs1)C(=O)C1CN(c2c3c(nc4ccnn24)CCNCC3)C1. The summed E-state index contributed by atoms with van der Waals surface area (Å²) in [6.07, 6.45) is 3.69. The van der Waals surface area contributed by atoms with Gasteiger partial charge in [0.2, 0.25) is 5.91 Å². The molecule has 2 aliphatic rings. The minimum atomic E-state index is 0.0447. The molecule has 0 aliphatic carbocycles. The Morgan fingerprint density at radius 1 is 1.32 bits per heavy atom. The minimum Gasteiger partial charge on any atom is -0.354 e. The highest BCUT2D eigenvalue weighted by molar-refractivity contribution is 7.09. The van der Waals surface area contributed by atoms with Crippen LogP contribution in [0.4, 0.5) is 5.82 Å². The second-order valence-electron chi connectivity index (χ2n) is 7.59. The average Bonchev–Trinajstić information content (AvgIpc) is 3.27. The first-order valence-electron chi connectivity index (χ1n) is 9.79. The van der Waals surface area contributed by atoms with Crippen molar-refractivity contribution in [2.45, 2.75) is 19.4 Å². The first-order chi connectivity index (χ1) is 13.7. The van der Waals surface area contributed by atoms with Crippen LogP contribution < -0.4 is 10.2 Å². The minimum absolute atomic E-state index is 0.0447. The maximum Gasteiger partial charge on any atom is 0.229 e. The fraction of sp³-hybridized carbons (Fsp3) is 0.450. The van der Waals surface area contributed by atoms with Gasteiger partial charge in [-0.25, -0.2) is 4.98 Å². The number of hydrogen-bond acceptors (Lipinski definition) is 6. The van der Waals surface area contributed by atoms with E-state index in [2.05, 4.69) is 26.8 Å². The van der Waals surface area contributed by atoms with E-state index in [1.165, 1.54) is 10.4 Å². The van der Waals surface area contributed by atoms with Crippen molar-refractivity contribution in [1.82, 2.24) is 24.8 Å². The van der Waals surface area contributed by atoms with Crippen LogP contribution in [0.5, 0.6) is 0 Å². The molecule has 1 fully saturated rings. The van der Waals surface area contributed by atoms with Gasteiger partial charge >= 0.3 is 0 Å². The van der Waals surface area contributed by atoms with Crippen LogP contribution in [0.1, 0.15) is 16.1 Å². The number of carbonyl (C=O) groups is 1. The van der Waals surface area contributed by atoms with E-state index in [1.54, 1.807) is 17.5 Å². The van der Waals surface area contributed by atoms with E-state index in [9.17, 15) is 4.79 Å². The number of thiophene rings is 1. The Bertz CT molecular complexity index is 992. The van der Waals surface area contributed by atoms with Gasteiger partial charge in [-0.05, 0) is 24.4 Å². The molecule has 2 aliphatic heterocycles. The molecular formula is C20H24N6OS. The molecule has 146 valence electrons. The van der Waals surface area contributed by atoms with Gasteiger partial charge in [0, 0.05) is 49.6 Å². The Kier molecular flexibility index (Phi) is 4.52. The van der Waals surface area contributed by atoms with E-state index in [-0.39, 0.29) is 11.8 Å². The van der Waals surface area contributed by atoms with E-state index in [4.69, 9.17) is 4.98 Å². The van der Waals surface area contributed by atoms with Crippen molar-refractivity contribution >= 4 is 28.7 Å². The van der Waals surface area contributed by atoms with Gasteiger partial charge in [0.25, 0.3) is 0 Å². The number of nitrogens with zero attached hydrogens (tertiary/aromatic N) is 5. The highest BCUT2D eigenvalue weighted by Gasteiger charge is 2.37. The fourth-order valence-corrected chi connectivity index (χ4v) is 4.93. The van der Waals surface area contributed by atoms with Crippen molar-refractivity contribution in [2.75, 3.05) is 38.1 Å². The van der Waals surface area contributed by atoms with Crippen LogP contribution in [0, 0.1) is 5.92 Å². The van der Waals surface area contributed by atoms with E-state index in [0.29, 0.717) is 6.54 Å². The molecule has 28 heavy (non-hydrogen) atoms. The lowest BCUT2D eigenvalue weighted by atomic mass is 9.96. The monoisotopic (exact) mass is 396 g/mol. The van der Waals surface area contributed by atoms with Gasteiger partial charge in [-0.15, -0.1) is 11.3 Å². The second-order valence-corrected chi connectivity index (χ2v) is 8.62. The van der Waals surface area contributed by atoms with Crippen LogP contribution in [-0.2, 0) is 24.2 Å². The Morgan fingerprint density at radius 2 is 2.18 bits per heavy atom. The zero-order valence-corrected chi connectivity index (χ0v) is 16.8. The standard InChI is InChI=1S/C20H24N6OS/c1-24(13-15-3-2-10-28-15)20(27)14-11-25(12-14)19-16-4-7-21-8-5-17(16)23-18-6-9-22-26(18)19/h2-3,6,9-10,14,21H,4-5,7-8,11-13H2,1H3. The number of fused-ring (bicyclic) bond motifs is 2. The summed E-state index contributed by atoms with van der Waals surface area (Å²) < 4.78 is 1.94. The lowest BCUT2D eigenvalue weighted by molar-refractivity contribution is -0.135. The summed E-state index contributed by atoms with van der Waals surface area (Å²) in [6, 6.07) is 6.07. The summed E-state index contributed by atoms with van der Waals surface area (Å²) in [5.74, 6) is 1.39. The van der Waals surface area contributed by atoms with Crippen LogP contribution in [-0.4, -0.2) is 58.6 Å². The van der Waals surface area contributed by atoms with Crippen molar-refractivity contribution in [3.63, 3.8) is 0 Å². The molecule has 8 heteroatoms. The highest BCUT2D eigenvalue weighted by atomic mass is 32.1. The number of nitrogens with one attached hydrogen (secondary N) is 1. The lowest BCUT2D eigenvalue weighted by Gasteiger charge is -2.42. The maximum atomic E-state index is 12.8. The van der Waals surface area contributed by atoms with Crippen LogP contribution in [0.3, 0.4) is 0 Å². The first kappa shape index (κ1) is 17.6. The van der Waals surface area contributed by atoms with Crippen LogP contribution in [0.15, 0.2) is 29.8 Å². The Morgan fingerprint density at radius 3 is 3.00 bits per heavy atom. The zero-order valence-electron chi connectivity index (χ0n) is 16.0. The van der Waals surface area contributed by atoms with Gasteiger partial charge in [-0.3, -0.25) is 4.79 Å². The predicted molar refractivity (Wildman–Crippen MR) is 110 cm³/mol. The smallest absolute Gasteiger partial charge is 0.229 e. The van der Waals surface area contributed by atoms with Gasteiger partial charge in [0.1, 0.15) is 5.82 Å². The molecule has 1 amide bonds. The third-order valence-electron chi connectivity index (χ3n) is 5.66. The number of amides is 1. The van der Waals surface area contributed by atoms with E-state index in [1.807, 2.05) is 28.6 Å². The summed E-state index contributed by atoms with van der Waals surface area (Å²) in [5.41, 5.74) is 3.33. The molecule has 5 heterocycles. The van der Waals surface area contributed by atoms with Gasteiger partial charge < -0.3 is 15.1 Å². The molecule has 0 radical (unpaired) electrons. The molecule has 3 aromatic heterocycles. The van der Waals surface area contributed by atoms with Gasteiger partial charge in [0.15, 0.2) is 5.65 Å². The quantitative estimate of drug-likeness (QED) is 0.725. The number of rotatable bonds is 4. The van der Waals surface area contributed by atoms with Crippen molar-refractivity contribution in [3.05, 3.63) is 45.9 Å². The second kappa shape index (κ2) is 7.18. The lowest BCUT2D eigenvalue weighted by Crippen LogP contribution is -2.54. The van der Waals surface area contributed by atoms with Crippen LogP contribution in [0.2, 0.25) is 0 Å². The summed E-state index contributed by atoms with van der Waals surface area (Å²) in [4.78, 5) is 23.0. The number of anilines is 1. The third kappa shape index (κ3) is 3.06. The Hall–Kier alpha value is -2.45. The normalized spacial score (nSPS) is 17.2. The summed E-state index contributed by atoms with van der Waals surface area (Å²) >= 11 is 1.69. The molecule has 0 unspecified atom stereocenters. The molecule has 7 nitrogen and oxygen atoms in total. The molecular weight excluding hydrogens is 372 g/mol. The molecule has 0 spiro atoms. The van der Waals surface area contributed by atoms with Gasteiger partial charge in [0.05, 0.1) is 24.4 Å². The van der Waals surface area contributed by atoms with Crippen molar-refractivity contribution in [1.29, 1.82) is 0 Å². The topological polar surface area (TPSA) is 65.8 Å². The Balaban J connectivity index is 1.36. The van der Waals surface area contributed by atoms with Crippen molar-refractivity contribution in [2.24, 2.45) is 5.92 Å². The molecule has 0 aromatic carbocycles. The van der Waals surface area contributed by atoms with Crippen molar-refractivity contribution < 1.29 is 4.79 Å². The molecule has 1 N–H and O–H groups in total. The van der Waals surface area contributed by atoms with Gasteiger partial charge in [-0.1, -0.05) is 6.07 Å². The van der Waals surface area contributed by atoms with Gasteiger partial charge in [-0.2, -0.15) is 9.61 Å². The number of aromatic nitrogens is 3. The molecule has 1 saturated heterocycles. The molecule has 0 bridgehead atoms. The summed E-state index contributed by atoms with van der Waals surface area (Å²) in [7, 11) is 1.90. The van der Waals surface area contributed by atoms with Crippen LogP contribution >= 0.6 is 11.3 Å². The molecule has 5 rings (SSSR count). The summed E-state index contributed by atoms with van der Waals surface area (Å²) in [6.45, 7) is 4.08. The summed E-state index contributed by atoms with van der Waals surface area (Å²) in [5, 5.41) is 10.0. The van der Waals surface area contributed by atoms with E-state index < -0.39 is 0 Å². The number of carbonyl (C=O) groups excluding carboxylic acids is 1. The van der Waals surface area contributed by atoms with Crippen LogP contribution in [0.25, 0.3) is 5.65 Å². The zero-order chi connectivity index (χ0) is 19.1. The highest BCUT2D eigenvalue weighted by Crippen LogP contribution is 2.32. The number of hydrogen-bond donors (Lipinski definition) is 1. The first-order valence-corrected chi connectivity index (χ1v) is 10.7. The largest absolute Gasteiger partial charge is 0.354 e. The predicted octanol–water partition coefficient (Wildman–Crippen LogP) is 1.57. The molecule has 0 atom stereocenters.